The normalized spacial score (nSPS) is 16.2. The highest BCUT2D eigenvalue weighted by atomic mass is 16.5. The van der Waals surface area contributed by atoms with Crippen LogP contribution >= 0.6 is 0 Å². The molecule has 26 heavy (non-hydrogen) atoms. The van der Waals surface area contributed by atoms with Gasteiger partial charge in [-0.25, -0.2) is 0 Å². The van der Waals surface area contributed by atoms with E-state index in [4.69, 9.17) is 4.74 Å². The molecule has 3 heteroatoms. The van der Waals surface area contributed by atoms with Crippen molar-refractivity contribution in [1.29, 1.82) is 0 Å². The van der Waals surface area contributed by atoms with E-state index in [0.29, 0.717) is 6.61 Å². The molecule has 3 aromatic rings. The summed E-state index contributed by atoms with van der Waals surface area (Å²) in [7, 11) is 0. The number of ether oxygens (including phenoxy) is 1. The van der Waals surface area contributed by atoms with Crippen molar-refractivity contribution in [2.24, 2.45) is 5.41 Å². The van der Waals surface area contributed by atoms with Crippen molar-refractivity contribution in [3.05, 3.63) is 54.1 Å². The third kappa shape index (κ3) is 2.63. The summed E-state index contributed by atoms with van der Waals surface area (Å²) in [5.41, 5.74) is 3.25. The highest BCUT2D eigenvalue weighted by Gasteiger charge is 2.43. The molecular formula is C23H25NO2. The summed E-state index contributed by atoms with van der Waals surface area (Å²) in [5, 5.41) is 2.55. The average molecular weight is 347 g/mol. The maximum absolute atomic E-state index is 12.3. The molecule has 0 saturated heterocycles. The Kier molecular flexibility index (Phi) is 4.31. The number of para-hydroxylation sites is 1. The maximum atomic E-state index is 12.3. The van der Waals surface area contributed by atoms with Crippen molar-refractivity contribution in [2.75, 3.05) is 6.61 Å². The lowest BCUT2D eigenvalue weighted by Gasteiger charge is -2.36. The molecule has 0 N–H and O–H groups in total. The highest BCUT2D eigenvalue weighted by molar-refractivity contribution is 6.08. The Labute approximate surface area is 154 Å². The third-order valence-corrected chi connectivity index (χ3v) is 5.64. The largest absolute Gasteiger partial charge is 0.465 e. The van der Waals surface area contributed by atoms with Crippen molar-refractivity contribution in [3.63, 3.8) is 0 Å². The minimum absolute atomic E-state index is 0.0776. The number of fused-ring (bicyclic) bond motifs is 3. The van der Waals surface area contributed by atoms with Gasteiger partial charge in [0.15, 0.2) is 0 Å². The standard InChI is InChI=1S/C23H25NO2/c1-3-24-20-9-6-5-8-18(20)19-16-17(10-11-21(19)24)12-15-23(13-7-14-23)22(25)26-4-2/h5-6,8-12,15-16H,3-4,7,13-14H2,1-2H3/b15-12+. The number of benzene rings is 2. The van der Waals surface area contributed by atoms with Crippen LogP contribution in [0.1, 0.15) is 38.7 Å². The van der Waals surface area contributed by atoms with Gasteiger partial charge in [0.2, 0.25) is 0 Å². The Morgan fingerprint density at radius 1 is 1.12 bits per heavy atom. The summed E-state index contributed by atoms with van der Waals surface area (Å²) in [6.07, 6.45) is 7.02. The van der Waals surface area contributed by atoms with Gasteiger partial charge >= 0.3 is 5.97 Å². The summed E-state index contributed by atoms with van der Waals surface area (Å²) in [6, 6.07) is 15.1. The number of nitrogens with zero attached hydrogens (tertiary/aromatic N) is 1. The Hall–Kier alpha value is -2.55. The minimum atomic E-state index is -0.414. The SMILES string of the molecule is CCOC(=O)C1(/C=C/c2ccc3c(c2)c2ccccc2n3CC)CCC1. The second-order valence-corrected chi connectivity index (χ2v) is 7.10. The fraction of sp³-hybridized carbons (Fsp3) is 0.348. The molecule has 1 aliphatic rings. The maximum Gasteiger partial charge on any atom is 0.315 e. The van der Waals surface area contributed by atoms with Gasteiger partial charge in [0, 0.05) is 28.4 Å². The van der Waals surface area contributed by atoms with Crippen LogP contribution in [-0.4, -0.2) is 17.1 Å². The first-order valence-corrected chi connectivity index (χ1v) is 9.56. The monoisotopic (exact) mass is 347 g/mol. The number of carbonyl (C=O) groups is 1. The Morgan fingerprint density at radius 3 is 2.58 bits per heavy atom. The van der Waals surface area contributed by atoms with E-state index in [1.807, 2.05) is 6.92 Å². The minimum Gasteiger partial charge on any atom is -0.465 e. The van der Waals surface area contributed by atoms with Crippen LogP contribution in [-0.2, 0) is 16.1 Å². The number of carbonyl (C=O) groups excluding carboxylic acids is 1. The molecule has 2 aromatic carbocycles. The van der Waals surface area contributed by atoms with Crippen LogP contribution in [0, 0.1) is 5.41 Å². The van der Waals surface area contributed by atoms with Crippen LogP contribution in [0.3, 0.4) is 0 Å². The number of aryl methyl sites for hydroxylation is 1. The first-order valence-electron chi connectivity index (χ1n) is 9.56. The summed E-state index contributed by atoms with van der Waals surface area (Å²) < 4.78 is 7.64. The zero-order valence-electron chi connectivity index (χ0n) is 15.5. The number of rotatable bonds is 5. The summed E-state index contributed by atoms with van der Waals surface area (Å²) in [4.78, 5) is 12.3. The lowest BCUT2D eigenvalue weighted by atomic mass is 9.68. The second-order valence-electron chi connectivity index (χ2n) is 7.10. The molecular weight excluding hydrogens is 322 g/mol. The van der Waals surface area contributed by atoms with E-state index in [-0.39, 0.29) is 5.97 Å². The van der Waals surface area contributed by atoms with Gasteiger partial charge in [0.1, 0.15) is 0 Å². The molecule has 134 valence electrons. The molecule has 1 heterocycles. The predicted octanol–water partition coefficient (Wildman–Crippen LogP) is 5.56. The number of hydrogen-bond donors (Lipinski definition) is 0. The third-order valence-electron chi connectivity index (χ3n) is 5.64. The van der Waals surface area contributed by atoms with Crippen LogP contribution in [0.15, 0.2) is 48.5 Å². The molecule has 0 spiro atoms. The molecule has 0 atom stereocenters. The van der Waals surface area contributed by atoms with Crippen molar-refractivity contribution in [1.82, 2.24) is 4.57 Å². The molecule has 0 amide bonds. The van der Waals surface area contributed by atoms with E-state index in [0.717, 1.165) is 31.4 Å². The van der Waals surface area contributed by atoms with Gasteiger partial charge in [0.05, 0.1) is 12.0 Å². The van der Waals surface area contributed by atoms with E-state index in [1.54, 1.807) is 0 Å². The zero-order chi connectivity index (χ0) is 18.1. The van der Waals surface area contributed by atoms with E-state index in [9.17, 15) is 4.79 Å². The second kappa shape index (κ2) is 6.64. The Morgan fingerprint density at radius 2 is 1.88 bits per heavy atom. The average Bonchev–Trinajstić information content (AvgIpc) is 2.94. The first-order chi connectivity index (χ1) is 12.7. The number of esters is 1. The van der Waals surface area contributed by atoms with Gasteiger partial charge in [-0.05, 0) is 50.5 Å². The van der Waals surface area contributed by atoms with Crippen molar-refractivity contribution in [3.8, 4) is 0 Å². The molecule has 0 aliphatic heterocycles. The van der Waals surface area contributed by atoms with Gasteiger partial charge < -0.3 is 9.30 Å². The topological polar surface area (TPSA) is 31.2 Å². The van der Waals surface area contributed by atoms with Gasteiger partial charge in [-0.2, -0.15) is 0 Å². The van der Waals surface area contributed by atoms with Crippen LogP contribution in [0.4, 0.5) is 0 Å². The molecule has 0 bridgehead atoms. The van der Waals surface area contributed by atoms with Crippen LogP contribution in [0.25, 0.3) is 27.9 Å². The molecule has 1 aliphatic carbocycles. The summed E-state index contributed by atoms with van der Waals surface area (Å²) in [5.74, 6) is -0.0776. The molecule has 1 aromatic heterocycles. The van der Waals surface area contributed by atoms with Crippen LogP contribution in [0.5, 0.6) is 0 Å². The van der Waals surface area contributed by atoms with Gasteiger partial charge in [-0.15, -0.1) is 0 Å². The van der Waals surface area contributed by atoms with Crippen molar-refractivity contribution < 1.29 is 9.53 Å². The fourth-order valence-corrected chi connectivity index (χ4v) is 4.04. The Bertz CT molecular complexity index is 992. The van der Waals surface area contributed by atoms with Gasteiger partial charge in [-0.3, -0.25) is 4.79 Å². The molecule has 1 fully saturated rings. The lowest BCUT2D eigenvalue weighted by molar-refractivity contribution is -0.156. The summed E-state index contributed by atoms with van der Waals surface area (Å²) >= 11 is 0. The Balaban J connectivity index is 1.74. The quantitative estimate of drug-likeness (QED) is 0.566. The van der Waals surface area contributed by atoms with Gasteiger partial charge in [0.25, 0.3) is 0 Å². The van der Waals surface area contributed by atoms with E-state index in [1.165, 1.54) is 21.8 Å². The number of hydrogen-bond acceptors (Lipinski definition) is 2. The van der Waals surface area contributed by atoms with Crippen molar-refractivity contribution in [2.45, 2.75) is 39.7 Å². The van der Waals surface area contributed by atoms with Crippen LogP contribution in [0.2, 0.25) is 0 Å². The van der Waals surface area contributed by atoms with E-state index < -0.39 is 5.41 Å². The smallest absolute Gasteiger partial charge is 0.315 e. The molecule has 1 saturated carbocycles. The fourth-order valence-electron chi connectivity index (χ4n) is 4.04. The first kappa shape index (κ1) is 16.9. The zero-order valence-corrected chi connectivity index (χ0v) is 15.5. The molecule has 4 rings (SSSR count). The molecule has 0 unspecified atom stereocenters. The molecule has 0 radical (unpaired) electrons. The highest BCUT2D eigenvalue weighted by Crippen LogP contribution is 2.44. The van der Waals surface area contributed by atoms with Gasteiger partial charge in [-0.1, -0.05) is 42.8 Å². The van der Waals surface area contributed by atoms with Crippen LogP contribution < -0.4 is 0 Å². The lowest BCUT2D eigenvalue weighted by Crippen LogP contribution is -2.37. The van der Waals surface area contributed by atoms with E-state index >= 15 is 0 Å². The predicted molar refractivity (Wildman–Crippen MR) is 107 cm³/mol. The number of aromatic nitrogens is 1. The molecule has 3 nitrogen and oxygen atoms in total. The van der Waals surface area contributed by atoms with Crippen molar-refractivity contribution >= 4 is 33.9 Å². The van der Waals surface area contributed by atoms with E-state index in [2.05, 4.69) is 66.1 Å². The summed E-state index contributed by atoms with van der Waals surface area (Å²) in [6.45, 7) is 5.44.